The van der Waals surface area contributed by atoms with Crippen molar-refractivity contribution in [2.45, 2.75) is 44.6 Å². The van der Waals surface area contributed by atoms with Crippen LogP contribution in [-0.4, -0.2) is 46.9 Å². The van der Waals surface area contributed by atoms with Crippen molar-refractivity contribution in [3.63, 3.8) is 0 Å². The van der Waals surface area contributed by atoms with E-state index in [4.69, 9.17) is 0 Å². The first-order valence-electron chi connectivity index (χ1n) is 9.38. The number of amides is 2. The van der Waals surface area contributed by atoms with Gasteiger partial charge in [-0.05, 0) is 43.2 Å². The maximum atomic E-state index is 13.1. The molecule has 138 valence electrons. The summed E-state index contributed by atoms with van der Waals surface area (Å²) >= 11 is 0. The molecule has 0 bridgehead atoms. The predicted molar refractivity (Wildman–Crippen MR) is 95.6 cm³/mol. The summed E-state index contributed by atoms with van der Waals surface area (Å²) in [4.78, 5) is 40.5. The molecular weight excluding hydrogens is 332 g/mol. The number of anilines is 1. The Bertz CT molecular complexity index is 729. The van der Waals surface area contributed by atoms with Gasteiger partial charge < -0.3 is 14.9 Å². The number of carboxylic acids is 1. The topological polar surface area (TPSA) is 77.9 Å². The van der Waals surface area contributed by atoms with Gasteiger partial charge in [0.1, 0.15) is 6.04 Å². The van der Waals surface area contributed by atoms with Crippen molar-refractivity contribution in [1.82, 2.24) is 4.90 Å². The Morgan fingerprint density at radius 1 is 1.12 bits per heavy atom. The zero-order chi connectivity index (χ0) is 18.3. The van der Waals surface area contributed by atoms with E-state index in [1.807, 2.05) is 30.3 Å². The Hall–Kier alpha value is -2.37. The smallest absolute Gasteiger partial charge is 0.326 e. The quantitative estimate of drug-likeness (QED) is 0.901. The van der Waals surface area contributed by atoms with Crippen LogP contribution in [0.15, 0.2) is 30.3 Å². The Balaban J connectivity index is 1.52. The number of carbonyl (C=O) groups is 3. The van der Waals surface area contributed by atoms with Crippen LogP contribution in [0.4, 0.5) is 5.69 Å². The van der Waals surface area contributed by atoms with E-state index < -0.39 is 17.9 Å². The molecule has 0 aromatic heterocycles. The maximum absolute atomic E-state index is 13.1. The summed E-state index contributed by atoms with van der Waals surface area (Å²) < 4.78 is 0. The minimum atomic E-state index is -0.934. The lowest BCUT2D eigenvalue weighted by Crippen LogP contribution is -2.57. The molecule has 6 heteroatoms. The lowest BCUT2D eigenvalue weighted by atomic mass is 9.63. The number of hydrogen-bond donors (Lipinski definition) is 1. The molecule has 2 saturated heterocycles. The normalized spacial score (nSPS) is 27.5. The molecule has 2 amide bonds. The highest BCUT2D eigenvalue weighted by Gasteiger charge is 2.49. The van der Waals surface area contributed by atoms with E-state index >= 15 is 0 Å². The highest BCUT2D eigenvalue weighted by molar-refractivity contribution is 6.00. The number of piperidine rings is 1. The largest absolute Gasteiger partial charge is 0.480 e. The van der Waals surface area contributed by atoms with Crippen molar-refractivity contribution in [1.29, 1.82) is 0 Å². The molecule has 2 aliphatic heterocycles. The summed E-state index contributed by atoms with van der Waals surface area (Å²) in [6.07, 6.45) is 4.86. The van der Waals surface area contributed by atoms with Crippen LogP contribution in [0.5, 0.6) is 0 Å². The van der Waals surface area contributed by atoms with Gasteiger partial charge in [-0.2, -0.15) is 0 Å². The molecular formula is C20H24N2O4. The third-order valence-corrected chi connectivity index (χ3v) is 6.35. The molecule has 1 aliphatic carbocycles. The van der Waals surface area contributed by atoms with Crippen molar-refractivity contribution < 1.29 is 19.5 Å². The van der Waals surface area contributed by atoms with Crippen molar-refractivity contribution in [2.24, 2.45) is 11.3 Å². The zero-order valence-corrected chi connectivity index (χ0v) is 14.8. The van der Waals surface area contributed by atoms with Crippen LogP contribution in [0.1, 0.15) is 38.5 Å². The molecule has 3 aliphatic rings. The number of hydrogen-bond acceptors (Lipinski definition) is 3. The summed E-state index contributed by atoms with van der Waals surface area (Å²) in [6.45, 7) is 0.857. The van der Waals surface area contributed by atoms with Crippen molar-refractivity contribution >= 4 is 23.5 Å². The molecule has 0 radical (unpaired) electrons. The van der Waals surface area contributed by atoms with Gasteiger partial charge in [-0.3, -0.25) is 9.59 Å². The number of likely N-dealkylation sites (tertiary alicyclic amines) is 1. The van der Waals surface area contributed by atoms with Crippen molar-refractivity contribution in [3.8, 4) is 0 Å². The summed E-state index contributed by atoms with van der Waals surface area (Å²) in [5.74, 6) is -1.64. The fraction of sp³-hybridized carbons (Fsp3) is 0.550. The molecule has 1 aromatic carbocycles. The highest BCUT2D eigenvalue weighted by Crippen LogP contribution is 2.49. The highest BCUT2D eigenvalue weighted by atomic mass is 16.4. The summed E-state index contributed by atoms with van der Waals surface area (Å²) in [5, 5.41) is 9.57. The van der Waals surface area contributed by atoms with Crippen molar-refractivity contribution in [3.05, 3.63) is 30.3 Å². The van der Waals surface area contributed by atoms with Gasteiger partial charge in [-0.25, -0.2) is 4.79 Å². The van der Waals surface area contributed by atoms with Gasteiger partial charge in [0.25, 0.3) is 0 Å². The zero-order valence-electron chi connectivity index (χ0n) is 14.8. The van der Waals surface area contributed by atoms with Crippen LogP contribution in [0.3, 0.4) is 0 Å². The molecule has 1 spiro atoms. The molecule has 1 saturated carbocycles. The molecule has 26 heavy (non-hydrogen) atoms. The number of rotatable bonds is 3. The molecule has 2 atom stereocenters. The molecule has 6 nitrogen and oxygen atoms in total. The molecule has 1 N–H and O–H groups in total. The van der Waals surface area contributed by atoms with Crippen LogP contribution in [-0.2, 0) is 14.4 Å². The number of carboxylic acid groups (broad SMARTS) is 1. The molecule has 2 unspecified atom stereocenters. The van der Waals surface area contributed by atoms with Crippen LogP contribution >= 0.6 is 0 Å². The van der Waals surface area contributed by atoms with Crippen LogP contribution in [0.2, 0.25) is 0 Å². The van der Waals surface area contributed by atoms with E-state index in [9.17, 15) is 19.5 Å². The number of aliphatic carboxylic acids is 1. The first kappa shape index (κ1) is 17.1. The SMILES string of the molecule is O=C(O)C1CCC2(CCC2)CN1C(=O)C1CC(=O)N(c2ccccc2)C1. The van der Waals surface area contributed by atoms with Crippen LogP contribution < -0.4 is 4.90 Å². The maximum Gasteiger partial charge on any atom is 0.326 e. The van der Waals surface area contributed by atoms with Gasteiger partial charge >= 0.3 is 5.97 Å². The lowest BCUT2D eigenvalue weighted by Gasteiger charge is -2.51. The number of nitrogens with zero attached hydrogens (tertiary/aromatic N) is 2. The van der Waals surface area contributed by atoms with E-state index in [0.29, 0.717) is 19.5 Å². The minimum absolute atomic E-state index is 0.0724. The van der Waals surface area contributed by atoms with Crippen LogP contribution in [0, 0.1) is 11.3 Å². The molecule has 3 fully saturated rings. The van der Waals surface area contributed by atoms with E-state index in [2.05, 4.69) is 0 Å². The summed E-state index contributed by atoms with van der Waals surface area (Å²) in [7, 11) is 0. The fourth-order valence-corrected chi connectivity index (χ4v) is 4.69. The third-order valence-electron chi connectivity index (χ3n) is 6.35. The Morgan fingerprint density at radius 2 is 1.85 bits per heavy atom. The lowest BCUT2D eigenvalue weighted by molar-refractivity contribution is -0.159. The summed E-state index contributed by atoms with van der Waals surface area (Å²) in [6, 6.07) is 8.57. The van der Waals surface area contributed by atoms with Gasteiger partial charge in [-0.1, -0.05) is 24.6 Å². The van der Waals surface area contributed by atoms with Gasteiger partial charge in [-0.15, -0.1) is 0 Å². The van der Waals surface area contributed by atoms with E-state index in [1.165, 1.54) is 0 Å². The van der Waals surface area contributed by atoms with Gasteiger partial charge in [0.15, 0.2) is 0 Å². The second kappa shape index (κ2) is 6.41. The first-order valence-corrected chi connectivity index (χ1v) is 9.38. The van der Waals surface area contributed by atoms with E-state index in [0.717, 1.165) is 31.4 Å². The average Bonchev–Trinajstić information content (AvgIpc) is 3.01. The van der Waals surface area contributed by atoms with Crippen molar-refractivity contribution in [2.75, 3.05) is 18.0 Å². The predicted octanol–water partition coefficient (Wildman–Crippen LogP) is 2.29. The number of carbonyl (C=O) groups excluding carboxylic acids is 2. The molecule has 2 heterocycles. The van der Waals surface area contributed by atoms with Gasteiger partial charge in [0.2, 0.25) is 11.8 Å². The summed E-state index contributed by atoms with van der Waals surface area (Å²) in [5.41, 5.74) is 0.903. The minimum Gasteiger partial charge on any atom is -0.480 e. The average molecular weight is 356 g/mol. The standard InChI is InChI=1S/C20H24N2O4/c23-17-11-14(12-21(17)15-5-2-1-3-6-15)18(24)22-13-20(8-4-9-20)10-7-16(22)19(25)26/h1-3,5-6,14,16H,4,7-13H2,(H,25,26). The Morgan fingerprint density at radius 3 is 2.46 bits per heavy atom. The monoisotopic (exact) mass is 356 g/mol. The third kappa shape index (κ3) is 2.87. The fourth-order valence-electron chi connectivity index (χ4n) is 4.69. The molecule has 1 aromatic rings. The first-order chi connectivity index (χ1) is 12.5. The van der Waals surface area contributed by atoms with Gasteiger partial charge in [0, 0.05) is 25.2 Å². The van der Waals surface area contributed by atoms with Crippen LogP contribution in [0.25, 0.3) is 0 Å². The Labute approximate surface area is 152 Å². The number of para-hydroxylation sites is 1. The second-order valence-electron chi connectivity index (χ2n) is 7.95. The van der Waals surface area contributed by atoms with Gasteiger partial charge in [0.05, 0.1) is 5.92 Å². The van der Waals surface area contributed by atoms with E-state index in [1.54, 1.807) is 9.80 Å². The second-order valence-corrected chi connectivity index (χ2v) is 7.95. The number of benzene rings is 1. The Kier molecular flexibility index (Phi) is 4.21. The molecule has 4 rings (SSSR count). The van der Waals surface area contributed by atoms with E-state index in [-0.39, 0.29) is 23.7 Å².